The fourth-order valence-electron chi connectivity index (χ4n) is 1.85. The summed E-state index contributed by atoms with van der Waals surface area (Å²) in [5, 5.41) is 2.42. The number of hydrogen-bond acceptors (Lipinski definition) is 4. The number of carbonyl (C=O) groups is 1. The van der Waals surface area contributed by atoms with Gasteiger partial charge in [-0.3, -0.25) is 4.79 Å². The van der Waals surface area contributed by atoms with Crippen LogP contribution < -0.4 is 19.5 Å². The molecular formula is C16H14F3NO4. The molecule has 5 nitrogen and oxygen atoms in total. The number of para-hydroxylation sites is 2. The van der Waals surface area contributed by atoms with E-state index in [1.807, 2.05) is 0 Å². The van der Waals surface area contributed by atoms with Crippen molar-refractivity contribution in [2.75, 3.05) is 19.0 Å². The highest BCUT2D eigenvalue weighted by Crippen LogP contribution is 2.26. The highest BCUT2D eigenvalue weighted by molar-refractivity contribution is 5.92. The molecule has 0 fully saturated rings. The molecule has 0 aromatic heterocycles. The van der Waals surface area contributed by atoms with Crippen molar-refractivity contribution in [3.63, 3.8) is 0 Å². The summed E-state index contributed by atoms with van der Waals surface area (Å²) in [4.78, 5) is 11.8. The summed E-state index contributed by atoms with van der Waals surface area (Å²) in [5.74, 6) is -0.119. The van der Waals surface area contributed by atoms with Gasteiger partial charge in [0.15, 0.2) is 18.1 Å². The second-order valence-electron chi connectivity index (χ2n) is 4.56. The van der Waals surface area contributed by atoms with Gasteiger partial charge in [-0.25, -0.2) is 0 Å². The molecule has 0 saturated heterocycles. The van der Waals surface area contributed by atoms with Crippen molar-refractivity contribution < 1.29 is 32.2 Å². The van der Waals surface area contributed by atoms with E-state index in [0.717, 1.165) is 12.1 Å². The summed E-state index contributed by atoms with van der Waals surface area (Å²) in [7, 11) is 1.47. The van der Waals surface area contributed by atoms with Crippen molar-refractivity contribution in [2.24, 2.45) is 0 Å². The number of alkyl halides is 3. The van der Waals surface area contributed by atoms with Gasteiger partial charge in [0, 0.05) is 11.8 Å². The van der Waals surface area contributed by atoms with Crippen molar-refractivity contribution in [3.8, 4) is 17.2 Å². The minimum atomic E-state index is -4.80. The molecule has 128 valence electrons. The van der Waals surface area contributed by atoms with Crippen LogP contribution in [-0.4, -0.2) is 26.0 Å². The maximum Gasteiger partial charge on any atom is 0.573 e. The monoisotopic (exact) mass is 341 g/mol. The standard InChI is InChI=1S/C16H14F3NO4/c1-22-13-7-2-3-8-14(13)23-10-15(21)20-11-5-4-6-12(9-11)24-16(17,18)19/h2-9H,10H2,1H3,(H,20,21). The Balaban J connectivity index is 1.94. The number of rotatable bonds is 6. The van der Waals surface area contributed by atoms with E-state index in [1.54, 1.807) is 24.3 Å². The van der Waals surface area contributed by atoms with Gasteiger partial charge < -0.3 is 19.5 Å². The number of benzene rings is 2. The second kappa shape index (κ2) is 7.58. The summed E-state index contributed by atoms with van der Waals surface area (Å²) in [6.45, 7) is -0.329. The van der Waals surface area contributed by atoms with E-state index in [0.29, 0.717) is 11.5 Å². The number of nitrogens with one attached hydrogen (secondary N) is 1. The molecule has 0 aliphatic carbocycles. The first-order valence-corrected chi connectivity index (χ1v) is 6.79. The number of methoxy groups -OCH3 is 1. The fraction of sp³-hybridized carbons (Fsp3) is 0.188. The molecule has 0 atom stereocenters. The summed E-state index contributed by atoms with van der Waals surface area (Å²) in [5.41, 5.74) is 0.158. The highest BCUT2D eigenvalue weighted by atomic mass is 19.4. The van der Waals surface area contributed by atoms with Crippen molar-refractivity contribution in [1.29, 1.82) is 0 Å². The Labute approximate surface area is 135 Å². The molecule has 0 spiro atoms. The van der Waals surface area contributed by atoms with Crippen LogP contribution in [0, 0.1) is 0 Å². The van der Waals surface area contributed by atoms with Crippen LogP contribution >= 0.6 is 0 Å². The van der Waals surface area contributed by atoms with Gasteiger partial charge in [0.05, 0.1) is 7.11 Å². The molecule has 24 heavy (non-hydrogen) atoms. The molecule has 0 saturated carbocycles. The molecule has 2 aromatic carbocycles. The first-order chi connectivity index (χ1) is 11.4. The minimum Gasteiger partial charge on any atom is -0.493 e. The van der Waals surface area contributed by atoms with Crippen molar-refractivity contribution in [1.82, 2.24) is 0 Å². The molecule has 2 rings (SSSR count). The Morgan fingerprint density at radius 1 is 1.08 bits per heavy atom. The lowest BCUT2D eigenvalue weighted by molar-refractivity contribution is -0.274. The number of amides is 1. The molecule has 0 bridgehead atoms. The van der Waals surface area contributed by atoms with E-state index in [9.17, 15) is 18.0 Å². The highest BCUT2D eigenvalue weighted by Gasteiger charge is 2.31. The molecule has 2 aromatic rings. The van der Waals surface area contributed by atoms with Gasteiger partial charge in [-0.05, 0) is 24.3 Å². The van der Waals surface area contributed by atoms with Gasteiger partial charge in [-0.2, -0.15) is 0 Å². The van der Waals surface area contributed by atoms with E-state index >= 15 is 0 Å². The lowest BCUT2D eigenvalue weighted by Crippen LogP contribution is -2.21. The Hall–Kier alpha value is -2.90. The van der Waals surface area contributed by atoms with E-state index in [1.165, 1.54) is 19.2 Å². The molecule has 0 unspecified atom stereocenters. The van der Waals surface area contributed by atoms with E-state index in [-0.39, 0.29) is 12.3 Å². The predicted molar refractivity (Wildman–Crippen MR) is 80.2 cm³/mol. The Morgan fingerprint density at radius 2 is 1.79 bits per heavy atom. The molecule has 8 heteroatoms. The lowest BCUT2D eigenvalue weighted by Gasteiger charge is -2.12. The van der Waals surface area contributed by atoms with Crippen LogP contribution in [0.1, 0.15) is 0 Å². The zero-order chi connectivity index (χ0) is 17.6. The Kier molecular flexibility index (Phi) is 5.51. The van der Waals surface area contributed by atoms with Crippen LogP contribution in [0.2, 0.25) is 0 Å². The van der Waals surface area contributed by atoms with Crippen molar-refractivity contribution in [2.45, 2.75) is 6.36 Å². The van der Waals surface area contributed by atoms with E-state index < -0.39 is 18.0 Å². The van der Waals surface area contributed by atoms with Crippen LogP contribution in [0.25, 0.3) is 0 Å². The summed E-state index contributed by atoms with van der Waals surface area (Å²) < 4.78 is 50.7. The first-order valence-electron chi connectivity index (χ1n) is 6.79. The molecule has 1 N–H and O–H groups in total. The molecule has 0 aliphatic heterocycles. The van der Waals surface area contributed by atoms with Crippen LogP contribution in [0.15, 0.2) is 48.5 Å². The quantitative estimate of drug-likeness (QED) is 0.872. The Bertz CT molecular complexity index is 704. The summed E-state index contributed by atoms with van der Waals surface area (Å²) in [6, 6.07) is 11.7. The topological polar surface area (TPSA) is 56.8 Å². The minimum absolute atomic E-state index is 0.158. The van der Waals surface area contributed by atoms with Crippen LogP contribution in [0.3, 0.4) is 0 Å². The zero-order valence-corrected chi connectivity index (χ0v) is 12.6. The average molecular weight is 341 g/mol. The lowest BCUT2D eigenvalue weighted by atomic mass is 10.3. The van der Waals surface area contributed by atoms with Gasteiger partial charge in [-0.15, -0.1) is 13.2 Å². The molecule has 0 heterocycles. The average Bonchev–Trinajstić information content (AvgIpc) is 2.52. The van der Waals surface area contributed by atoms with Crippen LogP contribution in [0.4, 0.5) is 18.9 Å². The molecular weight excluding hydrogens is 327 g/mol. The maximum absolute atomic E-state index is 12.2. The van der Waals surface area contributed by atoms with Crippen LogP contribution in [-0.2, 0) is 4.79 Å². The van der Waals surface area contributed by atoms with Crippen LogP contribution in [0.5, 0.6) is 17.2 Å². The van der Waals surface area contributed by atoms with E-state index in [2.05, 4.69) is 10.1 Å². The number of ether oxygens (including phenoxy) is 3. The number of halogens is 3. The van der Waals surface area contributed by atoms with Crippen molar-refractivity contribution in [3.05, 3.63) is 48.5 Å². The summed E-state index contributed by atoms with van der Waals surface area (Å²) in [6.07, 6.45) is -4.80. The fourth-order valence-corrected chi connectivity index (χ4v) is 1.85. The van der Waals surface area contributed by atoms with Gasteiger partial charge >= 0.3 is 6.36 Å². The Morgan fingerprint density at radius 3 is 2.46 bits per heavy atom. The number of carbonyl (C=O) groups excluding carboxylic acids is 1. The summed E-state index contributed by atoms with van der Waals surface area (Å²) >= 11 is 0. The maximum atomic E-state index is 12.2. The van der Waals surface area contributed by atoms with Gasteiger partial charge in [0.2, 0.25) is 0 Å². The predicted octanol–water partition coefficient (Wildman–Crippen LogP) is 3.61. The van der Waals surface area contributed by atoms with Crippen molar-refractivity contribution >= 4 is 11.6 Å². The van der Waals surface area contributed by atoms with Gasteiger partial charge in [0.25, 0.3) is 5.91 Å². The zero-order valence-electron chi connectivity index (χ0n) is 12.6. The number of hydrogen-bond donors (Lipinski definition) is 1. The molecule has 0 aliphatic rings. The molecule has 1 amide bonds. The number of anilines is 1. The molecule has 0 radical (unpaired) electrons. The SMILES string of the molecule is COc1ccccc1OCC(=O)Nc1cccc(OC(F)(F)F)c1. The third-order valence-electron chi connectivity index (χ3n) is 2.78. The smallest absolute Gasteiger partial charge is 0.493 e. The largest absolute Gasteiger partial charge is 0.573 e. The van der Waals surface area contributed by atoms with E-state index in [4.69, 9.17) is 9.47 Å². The second-order valence-corrected chi connectivity index (χ2v) is 4.56. The first kappa shape index (κ1) is 17.5. The van der Waals surface area contributed by atoms with Gasteiger partial charge in [-0.1, -0.05) is 18.2 Å². The normalized spacial score (nSPS) is 10.8. The third-order valence-corrected chi connectivity index (χ3v) is 2.78. The third kappa shape index (κ3) is 5.38. The van der Waals surface area contributed by atoms with Gasteiger partial charge in [0.1, 0.15) is 5.75 Å².